The summed E-state index contributed by atoms with van der Waals surface area (Å²) < 4.78 is 0. The van der Waals surface area contributed by atoms with Gasteiger partial charge in [0, 0.05) is 5.56 Å². The molecule has 0 aliphatic heterocycles. The van der Waals surface area contributed by atoms with Gasteiger partial charge in [-0.2, -0.15) is 0 Å². The fraction of sp³-hybridized carbons (Fsp3) is 0.316. The van der Waals surface area contributed by atoms with Gasteiger partial charge in [0.1, 0.15) is 5.60 Å². The quantitative estimate of drug-likeness (QED) is 0.842. The van der Waals surface area contributed by atoms with E-state index in [1.807, 2.05) is 12.1 Å². The maximum atomic E-state index is 12.0. The van der Waals surface area contributed by atoms with Crippen LogP contribution in [-0.4, -0.2) is 16.5 Å². The maximum Gasteiger partial charge on any atom is 0.193 e. The van der Waals surface area contributed by atoms with Crippen LogP contribution >= 0.6 is 0 Å². The lowest BCUT2D eigenvalue weighted by atomic mass is 9.94. The van der Waals surface area contributed by atoms with Gasteiger partial charge >= 0.3 is 0 Å². The minimum absolute atomic E-state index is 0.260. The number of Topliss-reactive ketones (excluding diaryl/α,β-unsaturated/α-hetero) is 1. The van der Waals surface area contributed by atoms with Crippen LogP contribution in [0.1, 0.15) is 49.5 Å². The minimum atomic E-state index is -1.33. The van der Waals surface area contributed by atoms with Crippen molar-refractivity contribution in [2.75, 3.05) is 0 Å². The monoisotopic (exact) mass is 282 g/mol. The SMILES string of the molecule is CC(C)c1ccc(-c2ccc(C(=O)C(C)(C)O)cc2)cc1. The van der Waals surface area contributed by atoms with Gasteiger partial charge in [-0.15, -0.1) is 0 Å². The Balaban J connectivity index is 2.25. The van der Waals surface area contributed by atoms with Crippen molar-refractivity contribution in [2.24, 2.45) is 0 Å². The van der Waals surface area contributed by atoms with Crippen LogP contribution in [0.15, 0.2) is 48.5 Å². The second-order valence-corrected chi connectivity index (χ2v) is 6.24. The Bertz CT molecular complexity index is 614. The van der Waals surface area contributed by atoms with Gasteiger partial charge in [-0.25, -0.2) is 0 Å². The Kier molecular flexibility index (Phi) is 4.29. The van der Waals surface area contributed by atoms with Crippen molar-refractivity contribution >= 4 is 5.78 Å². The first-order chi connectivity index (χ1) is 9.79. The van der Waals surface area contributed by atoms with Gasteiger partial charge in [-0.3, -0.25) is 4.79 Å². The summed E-state index contributed by atoms with van der Waals surface area (Å²) in [5.41, 5.74) is 2.71. The zero-order valence-electron chi connectivity index (χ0n) is 13.1. The molecule has 0 aromatic heterocycles. The fourth-order valence-corrected chi connectivity index (χ4v) is 2.23. The summed E-state index contributed by atoms with van der Waals surface area (Å²) in [6, 6.07) is 15.8. The molecular formula is C19H22O2. The summed E-state index contributed by atoms with van der Waals surface area (Å²) in [5.74, 6) is 0.259. The molecule has 2 rings (SSSR count). The summed E-state index contributed by atoms with van der Waals surface area (Å²) in [6.07, 6.45) is 0. The van der Waals surface area contributed by atoms with Gasteiger partial charge in [0.2, 0.25) is 0 Å². The van der Waals surface area contributed by atoms with E-state index in [2.05, 4.69) is 38.1 Å². The van der Waals surface area contributed by atoms with E-state index in [1.54, 1.807) is 12.1 Å². The number of benzene rings is 2. The molecule has 2 nitrogen and oxygen atoms in total. The van der Waals surface area contributed by atoms with Crippen LogP contribution in [0.2, 0.25) is 0 Å². The van der Waals surface area contributed by atoms with Crippen LogP contribution in [0, 0.1) is 0 Å². The summed E-state index contributed by atoms with van der Waals surface area (Å²) in [7, 11) is 0. The standard InChI is InChI=1S/C19H22O2/c1-13(2)14-5-7-15(8-6-14)16-9-11-17(12-10-16)18(20)19(3,4)21/h5-13,21H,1-4H3. The molecule has 0 atom stereocenters. The predicted molar refractivity (Wildman–Crippen MR) is 86.6 cm³/mol. The molecule has 0 fully saturated rings. The molecule has 1 N–H and O–H groups in total. The number of ketones is 1. The Morgan fingerprint density at radius 2 is 1.33 bits per heavy atom. The molecule has 0 radical (unpaired) electrons. The molecule has 110 valence electrons. The first kappa shape index (κ1) is 15.5. The van der Waals surface area contributed by atoms with Crippen molar-refractivity contribution in [3.63, 3.8) is 0 Å². The largest absolute Gasteiger partial charge is 0.382 e. The first-order valence-corrected chi connectivity index (χ1v) is 7.26. The molecule has 0 heterocycles. The highest BCUT2D eigenvalue weighted by molar-refractivity contribution is 6.02. The van der Waals surface area contributed by atoms with Crippen LogP contribution in [0.3, 0.4) is 0 Å². The van der Waals surface area contributed by atoms with Gasteiger partial charge in [-0.1, -0.05) is 62.4 Å². The van der Waals surface area contributed by atoms with Crippen LogP contribution in [-0.2, 0) is 0 Å². The Morgan fingerprint density at radius 3 is 1.71 bits per heavy atom. The van der Waals surface area contributed by atoms with E-state index in [1.165, 1.54) is 19.4 Å². The molecule has 2 heteroatoms. The van der Waals surface area contributed by atoms with Crippen LogP contribution in [0.5, 0.6) is 0 Å². The zero-order valence-corrected chi connectivity index (χ0v) is 13.1. The molecule has 0 aliphatic rings. The summed E-state index contributed by atoms with van der Waals surface area (Å²) in [6.45, 7) is 7.36. The molecule has 0 spiro atoms. The van der Waals surface area contributed by atoms with Crippen molar-refractivity contribution < 1.29 is 9.90 Å². The third kappa shape index (κ3) is 3.59. The molecule has 0 bridgehead atoms. The smallest absolute Gasteiger partial charge is 0.193 e. The highest BCUT2D eigenvalue weighted by Gasteiger charge is 2.24. The Morgan fingerprint density at radius 1 is 0.905 bits per heavy atom. The van der Waals surface area contributed by atoms with Crippen LogP contribution in [0.25, 0.3) is 11.1 Å². The number of hydrogen-bond acceptors (Lipinski definition) is 2. The zero-order chi connectivity index (χ0) is 15.6. The van der Waals surface area contributed by atoms with Crippen LogP contribution in [0.4, 0.5) is 0 Å². The summed E-state index contributed by atoms with van der Waals surface area (Å²) >= 11 is 0. The maximum absolute atomic E-state index is 12.0. The number of aliphatic hydroxyl groups is 1. The lowest BCUT2D eigenvalue weighted by molar-refractivity contribution is 0.0488. The van der Waals surface area contributed by atoms with Gasteiger partial charge in [0.15, 0.2) is 5.78 Å². The lowest BCUT2D eigenvalue weighted by Gasteiger charge is -2.15. The average Bonchev–Trinajstić information content (AvgIpc) is 2.46. The Hall–Kier alpha value is -1.93. The molecule has 21 heavy (non-hydrogen) atoms. The topological polar surface area (TPSA) is 37.3 Å². The predicted octanol–water partition coefficient (Wildman–Crippen LogP) is 4.43. The number of rotatable bonds is 4. The molecule has 2 aromatic rings. The summed E-state index contributed by atoms with van der Waals surface area (Å²) in [4.78, 5) is 12.0. The first-order valence-electron chi connectivity index (χ1n) is 7.26. The molecule has 0 aliphatic carbocycles. The summed E-state index contributed by atoms with van der Waals surface area (Å²) in [5, 5.41) is 9.76. The highest BCUT2D eigenvalue weighted by Crippen LogP contribution is 2.24. The Labute approximate surface area is 126 Å². The van der Waals surface area contributed by atoms with Crippen molar-refractivity contribution in [2.45, 2.75) is 39.2 Å². The number of hydrogen-bond donors (Lipinski definition) is 1. The highest BCUT2D eigenvalue weighted by atomic mass is 16.3. The van der Waals surface area contributed by atoms with Crippen molar-refractivity contribution in [3.05, 3.63) is 59.7 Å². The van der Waals surface area contributed by atoms with Gasteiger partial charge in [-0.05, 0) is 36.5 Å². The minimum Gasteiger partial charge on any atom is -0.382 e. The molecule has 0 saturated carbocycles. The van der Waals surface area contributed by atoms with E-state index in [4.69, 9.17) is 0 Å². The second kappa shape index (κ2) is 5.82. The van der Waals surface area contributed by atoms with Crippen molar-refractivity contribution in [1.29, 1.82) is 0 Å². The lowest BCUT2D eigenvalue weighted by Crippen LogP contribution is -2.30. The van der Waals surface area contributed by atoms with Crippen molar-refractivity contribution in [1.82, 2.24) is 0 Å². The van der Waals surface area contributed by atoms with E-state index < -0.39 is 5.60 Å². The van der Waals surface area contributed by atoms with Gasteiger partial charge in [0.05, 0.1) is 0 Å². The molecular weight excluding hydrogens is 260 g/mol. The second-order valence-electron chi connectivity index (χ2n) is 6.24. The number of carbonyl (C=O) groups is 1. The van der Waals surface area contributed by atoms with E-state index in [-0.39, 0.29) is 5.78 Å². The molecule has 2 aromatic carbocycles. The van der Waals surface area contributed by atoms with Crippen LogP contribution < -0.4 is 0 Å². The molecule has 0 amide bonds. The average molecular weight is 282 g/mol. The fourth-order valence-electron chi connectivity index (χ4n) is 2.23. The third-order valence-corrected chi connectivity index (χ3v) is 3.61. The third-order valence-electron chi connectivity index (χ3n) is 3.61. The van der Waals surface area contributed by atoms with Crippen molar-refractivity contribution in [3.8, 4) is 11.1 Å². The van der Waals surface area contributed by atoms with E-state index in [9.17, 15) is 9.90 Å². The number of carbonyl (C=O) groups excluding carboxylic acids is 1. The molecule has 0 saturated heterocycles. The van der Waals surface area contributed by atoms with E-state index >= 15 is 0 Å². The van der Waals surface area contributed by atoms with Gasteiger partial charge < -0.3 is 5.11 Å². The molecule has 0 unspecified atom stereocenters. The van der Waals surface area contributed by atoms with E-state index in [0.29, 0.717) is 11.5 Å². The van der Waals surface area contributed by atoms with Gasteiger partial charge in [0.25, 0.3) is 0 Å². The van der Waals surface area contributed by atoms with E-state index in [0.717, 1.165) is 11.1 Å². The normalized spacial score (nSPS) is 11.7.